The van der Waals surface area contributed by atoms with Gasteiger partial charge in [-0.25, -0.2) is 0 Å². The molecule has 0 saturated carbocycles. The zero-order valence-corrected chi connectivity index (χ0v) is 6.20. The number of hydrogen-bond donors (Lipinski definition) is 0. The zero-order chi connectivity index (χ0) is 6.81. The first-order valence-electron chi connectivity index (χ1n) is 3.14. The first kappa shape index (κ1) is 5.94. The second kappa shape index (κ2) is 2.43. The van der Waals surface area contributed by atoms with Crippen LogP contribution >= 0.6 is 11.8 Å². The maximum Gasteiger partial charge on any atom is 0.141 e. The van der Waals surface area contributed by atoms with Gasteiger partial charge >= 0.3 is 0 Å². The predicted octanol–water partition coefficient (Wildman–Crippen LogP) is 1.77. The maximum absolute atomic E-state index is 5.35. The van der Waals surface area contributed by atoms with Crippen LogP contribution in [0.1, 0.15) is 0 Å². The van der Waals surface area contributed by atoms with Crippen molar-refractivity contribution in [2.24, 2.45) is 0 Å². The monoisotopic (exact) mass is 150 g/mol. The Kier molecular flexibility index (Phi) is 1.44. The normalized spacial score (nSPS) is 14.8. The molecule has 1 aromatic rings. The molecule has 0 fully saturated rings. The molecule has 0 spiro atoms. The first-order valence-corrected chi connectivity index (χ1v) is 4.13. The van der Waals surface area contributed by atoms with E-state index in [4.69, 9.17) is 4.74 Å². The van der Waals surface area contributed by atoms with Crippen molar-refractivity contribution < 1.29 is 4.74 Å². The van der Waals surface area contributed by atoms with Crippen LogP contribution in [0.15, 0.2) is 17.0 Å². The summed E-state index contributed by atoms with van der Waals surface area (Å²) < 4.78 is 5.35. The molecule has 10 heavy (non-hydrogen) atoms. The number of hydrogen-bond acceptors (Lipinski definition) is 2. The van der Waals surface area contributed by atoms with Crippen molar-refractivity contribution in [1.29, 1.82) is 0 Å². The smallest absolute Gasteiger partial charge is 0.141 e. The fourth-order valence-electron chi connectivity index (χ4n) is 0.886. The van der Waals surface area contributed by atoms with E-state index in [1.807, 2.05) is 23.9 Å². The van der Waals surface area contributed by atoms with Gasteiger partial charge in [0.2, 0.25) is 0 Å². The van der Waals surface area contributed by atoms with E-state index in [1.165, 1.54) is 4.90 Å². The summed E-state index contributed by atoms with van der Waals surface area (Å²) >= 11 is 1.81. The lowest BCUT2D eigenvalue weighted by atomic mass is 10.4. The maximum atomic E-state index is 5.35. The molecule has 50 valence electrons. The van der Waals surface area contributed by atoms with Crippen LogP contribution in [0.2, 0.25) is 0 Å². The molecule has 0 radical (unpaired) electrons. The summed E-state index contributed by atoms with van der Waals surface area (Å²) in [6, 6.07) is 9.50. The van der Waals surface area contributed by atoms with Crippen molar-refractivity contribution >= 4 is 11.8 Å². The summed E-state index contributed by atoms with van der Waals surface area (Å²) in [6.07, 6.45) is 0. The summed E-state index contributed by atoms with van der Waals surface area (Å²) in [5, 5.41) is 0. The van der Waals surface area contributed by atoms with Gasteiger partial charge in [-0.1, -0.05) is 12.1 Å². The van der Waals surface area contributed by atoms with Crippen LogP contribution < -0.4 is 4.74 Å². The third-order valence-electron chi connectivity index (χ3n) is 1.33. The van der Waals surface area contributed by atoms with Gasteiger partial charge in [-0.05, 0) is 0 Å². The Hall–Kier alpha value is -0.810. The van der Waals surface area contributed by atoms with E-state index in [1.54, 1.807) is 0 Å². The number of ether oxygens (including phenoxy) is 1. The van der Waals surface area contributed by atoms with Crippen LogP contribution in [0.25, 0.3) is 0 Å². The van der Waals surface area contributed by atoms with E-state index in [0.29, 0.717) is 0 Å². The molecule has 0 aromatic heterocycles. The highest BCUT2D eigenvalue weighted by atomic mass is 32.2. The van der Waals surface area contributed by atoms with E-state index in [2.05, 4.69) is 12.1 Å². The lowest BCUT2D eigenvalue weighted by molar-refractivity contribution is 0.330. The highest BCUT2D eigenvalue weighted by molar-refractivity contribution is 7.99. The Labute approximate surface area is 64.4 Å². The average Bonchev–Trinajstić information content (AvgIpc) is 2.05. The zero-order valence-electron chi connectivity index (χ0n) is 5.39. The van der Waals surface area contributed by atoms with Crippen LogP contribution in [-0.4, -0.2) is 12.4 Å². The molecule has 1 aliphatic heterocycles. The van der Waals surface area contributed by atoms with Crippen molar-refractivity contribution in [3.63, 3.8) is 0 Å². The molecule has 1 aromatic carbocycles. The van der Waals surface area contributed by atoms with Crippen molar-refractivity contribution in [3.8, 4) is 5.75 Å². The quantitative estimate of drug-likeness (QED) is 0.557. The summed E-state index contributed by atoms with van der Waals surface area (Å²) in [4.78, 5) is 1.19. The molecule has 0 bridgehead atoms. The molecule has 0 amide bonds. The SMILES string of the molecule is c1cc2c(cc#1)SCCO2. The Morgan fingerprint density at radius 3 is 3.20 bits per heavy atom. The fourth-order valence-corrected chi connectivity index (χ4v) is 1.67. The molecule has 0 atom stereocenters. The number of thioether (sulfide) groups is 1. The van der Waals surface area contributed by atoms with Crippen molar-refractivity contribution in [3.05, 3.63) is 24.3 Å². The minimum Gasteiger partial charge on any atom is -0.491 e. The van der Waals surface area contributed by atoms with E-state index >= 15 is 0 Å². The molecule has 1 aliphatic rings. The molecule has 2 rings (SSSR count). The molecule has 2 heteroatoms. The second-order valence-corrected chi connectivity index (χ2v) is 3.14. The molecule has 1 nitrogen and oxygen atoms in total. The standard InChI is InChI=1S/C8H6OS/c1-2-4-8-7(3-1)9-5-6-10-8/h3-4H,5-6H2. The Balaban J connectivity index is 2.41. The average molecular weight is 150 g/mol. The topological polar surface area (TPSA) is 9.23 Å². The molecule has 0 unspecified atom stereocenters. The lowest BCUT2D eigenvalue weighted by Crippen LogP contribution is -2.05. The third-order valence-corrected chi connectivity index (χ3v) is 2.33. The summed E-state index contributed by atoms with van der Waals surface area (Å²) in [6.45, 7) is 0.815. The Bertz CT molecular complexity index is 209. The lowest BCUT2D eigenvalue weighted by Gasteiger charge is -2.13. The molecule has 0 N–H and O–H groups in total. The van der Waals surface area contributed by atoms with Crippen LogP contribution in [0, 0.1) is 12.1 Å². The van der Waals surface area contributed by atoms with Crippen molar-refractivity contribution in [1.82, 2.24) is 0 Å². The summed E-state index contributed by atoms with van der Waals surface area (Å²) in [5.74, 6) is 2.00. The minimum atomic E-state index is 0.815. The number of rotatable bonds is 0. The minimum absolute atomic E-state index is 0.815. The first-order chi connectivity index (χ1) is 4.97. The van der Waals surface area contributed by atoms with Gasteiger partial charge in [0.25, 0.3) is 0 Å². The Morgan fingerprint density at radius 2 is 2.30 bits per heavy atom. The third kappa shape index (κ3) is 0.932. The van der Waals surface area contributed by atoms with Gasteiger partial charge in [0.1, 0.15) is 5.75 Å². The van der Waals surface area contributed by atoms with E-state index < -0.39 is 0 Å². The predicted molar refractivity (Wildman–Crippen MR) is 40.3 cm³/mol. The van der Waals surface area contributed by atoms with Crippen molar-refractivity contribution in [2.45, 2.75) is 4.90 Å². The molecule has 1 heterocycles. The van der Waals surface area contributed by atoms with Gasteiger partial charge in [-0.3, -0.25) is 0 Å². The van der Waals surface area contributed by atoms with Gasteiger partial charge in [0, 0.05) is 17.9 Å². The molecular formula is C8H6OS. The highest BCUT2D eigenvalue weighted by Gasteiger charge is 2.07. The summed E-state index contributed by atoms with van der Waals surface area (Å²) in [7, 11) is 0. The second-order valence-electron chi connectivity index (χ2n) is 2.00. The fraction of sp³-hybridized carbons (Fsp3) is 0.250. The van der Waals surface area contributed by atoms with Crippen LogP contribution in [-0.2, 0) is 0 Å². The number of fused-ring (bicyclic) bond motifs is 1. The van der Waals surface area contributed by atoms with E-state index in [0.717, 1.165) is 18.1 Å². The van der Waals surface area contributed by atoms with E-state index in [-0.39, 0.29) is 0 Å². The van der Waals surface area contributed by atoms with E-state index in [9.17, 15) is 0 Å². The molecule has 0 aliphatic carbocycles. The van der Waals surface area contributed by atoms with Crippen LogP contribution in [0.3, 0.4) is 0 Å². The Morgan fingerprint density at radius 1 is 1.40 bits per heavy atom. The van der Waals surface area contributed by atoms with Gasteiger partial charge in [0.15, 0.2) is 0 Å². The molecule has 0 saturated heterocycles. The van der Waals surface area contributed by atoms with Crippen LogP contribution in [0.4, 0.5) is 0 Å². The van der Waals surface area contributed by atoms with Crippen LogP contribution in [0.5, 0.6) is 5.75 Å². The van der Waals surface area contributed by atoms with Gasteiger partial charge in [-0.2, -0.15) is 0 Å². The van der Waals surface area contributed by atoms with Gasteiger partial charge in [-0.15, -0.1) is 11.8 Å². The van der Waals surface area contributed by atoms with Crippen molar-refractivity contribution in [2.75, 3.05) is 12.4 Å². The highest BCUT2D eigenvalue weighted by Crippen LogP contribution is 2.30. The van der Waals surface area contributed by atoms with Gasteiger partial charge in [0.05, 0.1) is 11.5 Å². The van der Waals surface area contributed by atoms with Gasteiger partial charge < -0.3 is 4.74 Å². The molecular weight excluding hydrogens is 144 g/mol. The largest absolute Gasteiger partial charge is 0.491 e. The summed E-state index contributed by atoms with van der Waals surface area (Å²) in [5.41, 5.74) is 0.